The van der Waals surface area contributed by atoms with Gasteiger partial charge in [0.1, 0.15) is 11.4 Å². The lowest BCUT2D eigenvalue weighted by molar-refractivity contribution is 0.848. The number of aromatic nitrogens is 5. The van der Waals surface area contributed by atoms with E-state index in [0.717, 1.165) is 26.4 Å². The van der Waals surface area contributed by atoms with Crippen LogP contribution in [0.15, 0.2) is 52.2 Å². The van der Waals surface area contributed by atoms with Crippen molar-refractivity contribution in [1.29, 1.82) is 0 Å². The topological polar surface area (TPSA) is 82.5 Å². The van der Waals surface area contributed by atoms with Gasteiger partial charge in [-0.3, -0.25) is 0 Å². The van der Waals surface area contributed by atoms with E-state index in [0.29, 0.717) is 11.0 Å². The van der Waals surface area contributed by atoms with E-state index in [-0.39, 0.29) is 0 Å². The molecule has 0 saturated carbocycles. The molecule has 2 N–H and O–H groups in total. The predicted molar refractivity (Wildman–Crippen MR) is 91.9 cm³/mol. The van der Waals surface area contributed by atoms with Gasteiger partial charge in [0.05, 0.1) is 10.4 Å². The third-order valence-corrected chi connectivity index (χ3v) is 5.26. The first-order valence-corrected chi connectivity index (χ1v) is 8.56. The zero-order valence-corrected chi connectivity index (χ0v) is 13.8. The Labute approximate surface area is 140 Å². The van der Waals surface area contributed by atoms with Crippen molar-refractivity contribution in [1.82, 2.24) is 24.8 Å². The van der Waals surface area contributed by atoms with E-state index >= 15 is 0 Å². The largest absolute Gasteiger partial charge is 0.335 e. The molecule has 23 heavy (non-hydrogen) atoms. The Kier molecular flexibility index (Phi) is 3.47. The van der Waals surface area contributed by atoms with Crippen LogP contribution in [-0.4, -0.2) is 24.8 Å². The molecule has 0 aliphatic heterocycles. The first-order valence-electron chi connectivity index (χ1n) is 6.86. The molecule has 4 aromatic rings. The Balaban J connectivity index is 1.78. The summed E-state index contributed by atoms with van der Waals surface area (Å²) in [4.78, 5) is 9.69. The molecule has 0 aliphatic carbocycles. The predicted octanol–water partition coefficient (Wildman–Crippen LogP) is 3.12. The SMILES string of the molecule is Cc1cccc2ncnc(Sc3nnc(-c4cccs4)n3N)c12. The monoisotopic (exact) mass is 340 g/mol. The van der Waals surface area contributed by atoms with Gasteiger partial charge in [-0.05, 0) is 41.8 Å². The highest BCUT2D eigenvalue weighted by molar-refractivity contribution is 7.99. The molecule has 0 bridgehead atoms. The van der Waals surface area contributed by atoms with Crippen LogP contribution in [0.2, 0.25) is 0 Å². The van der Waals surface area contributed by atoms with Crippen molar-refractivity contribution in [2.75, 3.05) is 5.84 Å². The Hall–Kier alpha value is -2.45. The lowest BCUT2D eigenvalue weighted by atomic mass is 10.1. The maximum absolute atomic E-state index is 6.16. The molecule has 0 radical (unpaired) electrons. The number of thiophene rings is 1. The van der Waals surface area contributed by atoms with Gasteiger partial charge in [-0.1, -0.05) is 18.2 Å². The van der Waals surface area contributed by atoms with Crippen LogP contribution in [0.1, 0.15) is 5.56 Å². The highest BCUT2D eigenvalue weighted by Gasteiger charge is 2.16. The number of benzene rings is 1. The summed E-state index contributed by atoms with van der Waals surface area (Å²) < 4.78 is 1.50. The van der Waals surface area contributed by atoms with Gasteiger partial charge in [0, 0.05) is 5.39 Å². The van der Waals surface area contributed by atoms with Crippen LogP contribution >= 0.6 is 23.1 Å². The molecule has 0 atom stereocenters. The van der Waals surface area contributed by atoms with Crippen molar-refractivity contribution in [3.63, 3.8) is 0 Å². The summed E-state index contributed by atoms with van der Waals surface area (Å²) >= 11 is 2.97. The van der Waals surface area contributed by atoms with Gasteiger partial charge in [0.2, 0.25) is 5.16 Å². The smallest absolute Gasteiger partial charge is 0.216 e. The molecule has 0 spiro atoms. The lowest BCUT2D eigenvalue weighted by Gasteiger charge is -2.06. The second-order valence-corrected chi connectivity index (χ2v) is 6.81. The van der Waals surface area contributed by atoms with Crippen molar-refractivity contribution in [3.05, 3.63) is 47.6 Å². The summed E-state index contributed by atoms with van der Waals surface area (Å²) in [5, 5.41) is 12.8. The fourth-order valence-corrected chi connectivity index (χ4v) is 3.94. The maximum atomic E-state index is 6.16. The van der Waals surface area contributed by atoms with Crippen molar-refractivity contribution < 1.29 is 0 Å². The third kappa shape index (κ3) is 2.45. The molecular weight excluding hydrogens is 328 g/mol. The van der Waals surface area contributed by atoms with Gasteiger partial charge in [0.25, 0.3) is 0 Å². The van der Waals surface area contributed by atoms with Crippen LogP contribution in [0.3, 0.4) is 0 Å². The number of aryl methyl sites for hydroxylation is 1. The average molecular weight is 340 g/mol. The van der Waals surface area contributed by atoms with Gasteiger partial charge in [-0.25, -0.2) is 14.6 Å². The molecule has 114 valence electrons. The minimum absolute atomic E-state index is 0.594. The number of hydrogen-bond acceptors (Lipinski definition) is 7. The van der Waals surface area contributed by atoms with Crippen LogP contribution in [0.25, 0.3) is 21.6 Å². The van der Waals surface area contributed by atoms with E-state index in [4.69, 9.17) is 5.84 Å². The minimum atomic E-state index is 0.594. The van der Waals surface area contributed by atoms with Gasteiger partial charge in [-0.15, -0.1) is 21.5 Å². The van der Waals surface area contributed by atoms with E-state index in [1.54, 1.807) is 17.7 Å². The zero-order chi connectivity index (χ0) is 15.8. The van der Waals surface area contributed by atoms with Gasteiger partial charge in [-0.2, -0.15) is 0 Å². The first kappa shape index (κ1) is 14.2. The minimum Gasteiger partial charge on any atom is -0.335 e. The van der Waals surface area contributed by atoms with Crippen LogP contribution in [0.4, 0.5) is 0 Å². The summed E-state index contributed by atoms with van der Waals surface area (Å²) in [7, 11) is 0. The van der Waals surface area contributed by atoms with Crippen molar-refractivity contribution >= 4 is 34.0 Å². The second-order valence-electron chi connectivity index (χ2n) is 4.90. The van der Waals surface area contributed by atoms with Crippen molar-refractivity contribution in [3.8, 4) is 10.7 Å². The fraction of sp³-hybridized carbons (Fsp3) is 0.0667. The highest BCUT2D eigenvalue weighted by atomic mass is 32.2. The first-order chi connectivity index (χ1) is 11.2. The zero-order valence-electron chi connectivity index (χ0n) is 12.2. The number of nitrogens with two attached hydrogens (primary N) is 1. The van der Waals surface area contributed by atoms with E-state index < -0.39 is 0 Å². The number of hydrogen-bond donors (Lipinski definition) is 1. The Morgan fingerprint density at radius 2 is 2.04 bits per heavy atom. The van der Waals surface area contributed by atoms with E-state index in [1.807, 2.05) is 42.6 Å². The summed E-state index contributed by atoms with van der Waals surface area (Å²) in [6.45, 7) is 2.04. The van der Waals surface area contributed by atoms with E-state index in [9.17, 15) is 0 Å². The van der Waals surface area contributed by atoms with Gasteiger partial charge in [0.15, 0.2) is 5.82 Å². The fourth-order valence-electron chi connectivity index (χ4n) is 2.33. The molecule has 6 nitrogen and oxygen atoms in total. The molecule has 3 aromatic heterocycles. The molecule has 3 heterocycles. The number of nitrogens with zero attached hydrogens (tertiary/aromatic N) is 5. The molecular formula is C15H12N6S2. The van der Waals surface area contributed by atoms with Crippen molar-refractivity contribution in [2.45, 2.75) is 17.1 Å². The Morgan fingerprint density at radius 3 is 2.87 bits per heavy atom. The summed E-state index contributed by atoms with van der Waals surface area (Å²) in [5.41, 5.74) is 2.02. The normalized spacial score (nSPS) is 11.2. The Bertz CT molecular complexity index is 972. The molecule has 4 rings (SSSR count). The third-order valence-electron chi connectivity index (χ3n) is 3.43. The average Bonchev–Trinajstić information content (AvgIpc) is 3.18. The molecule has 1 aromatic carbocycles. The highest BCUT2D eigenvalue weighted by Crippen LogP contribution is 2.33. The van der Waals surface area contributed by atoms with Crippen molar-refractivity contribution in [2.24, 2.45) is 0 Å². The molecule has 0 aliphatic rings. The summed E-state index contributed by atoms with van der Waals surface area (Å²) in [5.74, 6) is 6.81. The standard InChI is InChI=1S/C15H12N6S2/c1-9-4-2-5-10-12(9)14(18-8-17-10)23-15-20-19-13(21(15)16)11-6-3-7-22-11/h2-8H,16H2,1H3. The number of nitrogen functional groups attached to an aromatic ring is 1. The second kappa shape index (κ2) is 5.64. The molecule has 0 saturated heterocycles. The Morgan fingerprint density at radius 1 is 1.13 bits per heavy atom. The van der Waals surface area contributed by atoms with Gasteiger partial charge >= 0.3 is 0 Å². The summed E-state index contributed by atoms with van der Waals surface area (Å²) in [6.07, 6.45) is 1.56. The summed E-state index contributed by atoms with van der Waals surface area (Å²) in [6, 6.07) is 9.93. The van der Waals surface area contributed by atoms with Crippen LogP contribution in [0, 0.1) is 6.92 Å². The lowest BCUT2D eigenvalue weighted by Crippen LogP contribution is -2.11. The van der Waals surface area contributed by atoms with Crippen LogP contribution < -0.4 is 5.84 Å². The molecule has 0 fully saturated rings. The van der Waals surface area contributed by atoms with Crippen LogP contribution in [-0.2, 0) is 0 Å². The van der Waals surface area contributed by atoms with Crippen LogP contribution in [0.5, 0.6) is 0 Å². The number of rotatable bonds is 3. The van der Waals surface area contributed by atoms with E-state index in [1.165, 1.54) is 16.4 Å². The maximum Gasteiger partial charge on any atom is 0.216 e. The number of fused-ring (bicyclic) bond motifs is 1. The molecule has 8 heteroatoms. The molecule has 0 unspecified atom stereocenters. The molecule has 0 amide bonds. The quantitative estimate of drug-likeness (QED) is 0.456. The van der Waals surface area contributed by atoms with Gasteiger partial charge < -0.3 is 5.84 Å². The van der Waals surface area contributed by atoms with E-state index in [2.05, 4.69) is 20.2 Å².